The smallest absolute Gasteiger partial charge is 0.272 e. The van der Waals surface area contributed by atoms with E-state index in [1.807, 2.05) is 19.9 Å². The number of nitrogens with zero attached hydrogens (tertiary/aromatic N) is 2. The lowest BCUT2D eigenvalue weighted by Crippen LogP contribution is -2.31. The number of amides is 1. The van der Waals surface area contributed by atoms with Gasteiger partial charge in [-0.15, -0.1) is 0 Å². The number of carbonyl (C=O) groups is 1. The number of benzene rings is 1. The molecule has 2 aromatic rings. The Bertz CT molecular complexity index is 672. The maximum Gasteiger partial charge on any atom is 0.272 e. The molecule has 1 amide bonds. The Morgan fingerprint density at radius 2 is 1.96 bits per heavy atom. The van der Waals surface area contributed by atoms with Crippen molar-refractivity contribution < 1.29 is 18.7 Å². The Morgan fingerprint density at radius 1 is 1.29 bits per heavy atom. The molecular formula is C17H21F2N3O2. The van der Waals surface area contributed by atoms with Crippen molar-refractivity contribution in [2.24, 2.45) is 5.92 Å². The highest BCUT2D eigenvalue weighted by molar-refractivity contribution is 5.94. The normalized spacial score (nSPS) is 12.6. The standard InChI is InChI=1S/C17H21F2N3O2/c1-11(2)8-22-9-13(16(18)19)15(21-22)17(24)20-14(10-23)12-6-4-3-5-7-12/h3-7,9,11,14,16,23H,8,10H2,1-2H3,(H,20,24)/t14-/m1/s1. The molecule has 130 valence electrons. The van der Waals surface area contributed by atoms with Crippen LogP contribution in [-0.2, 0) is 6.54 Å². The zero-order valence-electron chi connectivity index (χ0n) is 13.6. The maximum atomic E-state index is 13.2. The van der Waals surface area contributed by atoms with Crippen LogP contribution in [0.15, 0.2) is 36.5 Å². The molecule has 0 spiro atoms. The summed E-state index contributed by atoms with van der Waals surface area (Å²) in [4.78, 5) is 12.4. The third-order valence-electron chi connectivity index (χ3n) is 3.48. The Morgan fingerprint density at radius 3 is 2.50 bits per heavy atom. The van der Waals surface area contributed by atoms with E-state index in [1.165, 1.54) is 10.9 Å². The van der Waals surface area contributed by atoms with Crippen LogP contribution in [0.3, 0.4) is 0 Å². The first-order valence-electron chi connectivity index (χ1n) is 7.74. The minimum atomic E-state index is -2.80. The van der Waals surface area contributed by atoms with E-state index in [2.05, 4.69) is 10.4 Å². The second-order valence-electron chi connectivity index (χ2n) is 5.97. The number of aliphatic hydroxyl groups excluding tert-OH is 1. The van der Waals surface area contributed by atoms with E-state index in [9.17, 15) is 18.7 Å². The van der Waals surface area contributed by atoms with Crippen LogP contribution in [-0.4, -0.2) is 27.4 Å². The average molecular weight is 337 g/mol. The first kappa shape index (κ1) is 18.1. The van der Waals surface area contributed by atoms with Gasteiger partial charge in [0.2, 0.25) is 0 Å². The molecule has 0 aliphatic heterocycles. The SMILES string of the molecule is CC(C)Cn1cc(C(F)F)c(C(=O)N[C@H](CO)c2ccccc2)n1. The van der Waals surface area contributed by atoms with Crippen molar-refractivity contribution in [1.82, 2.24) is 15.1 Å². The first-order valence-corrected chi connectivity index (χ1v) is 7.74. The number of hydrogen-bond acceptors (Lipinski definition) is 3. The van der Waals surface area contributed by atoms with Crippen molar-refractivity contribution in [1.29, 1.82) is 0 Å². The van der Waals surface area contributed by atoms with E-state index >= 15 is 0 Å². The molecule has 7 heteroatoms. The molecule has 0 saturated heterocycles. The molecule has 0 aliphatic rings. The summed E-state index contributed by atoms with van der Waals surface area (Å²) < 4.78 is 27.8. The highest BCUT2D eigenvalue weighted by Gasteiger charge is 2.25. The molecule has 1 heterocycles. The lowest BCUT2D eigenvalue weighted by atomic mass is 10.1. The predicted molar refractivity (Wildman–Crippen MR) is 85.8 cm³/mol. The number of hydrogen-bond donors (Lipinski definition) is 2. The summed E-state index contributed by atoms with van der Waals surface area (Å²) in [6.45, 7) is 3.96. The van der Waals surface area contributed by atoms with Crippen molar-refractivity contribution in [3.05, 3.63) is 53.3 Å². The van der Waals surface area contributed by atoms with Gasteiger partial charge < -0.3 is 10.4 Å². The molecule has 0 aliphatic carbocycles. The number of nitrogens with one attached hydrogen (secondary N) is 1. The molecule has 0 radical (unpaired) electrons. The minimum absolute atomic E-state index is 0.209. The number of alkyl halides is 2. The predicted octanol–water partition coefficient (Wildman–Crippen LogP) is 2.94. The molecule has 1 aromatic heterocycles. The second kappa shape index (κ2) is 8.01. The van der Waals surface area contributed by atoms with Gasteiger partial charge >= 0.3 is 0 Å². The fourth-order valence-corrected chi connectivity index (χ4v) is 2.39. The molecule has 2 N–H and O–H groups in total. The number of halogens is 2. The van der Waals surface area contributed by atoms with Crippen LogP contribution in [0, 0.1) is 5.92 Å². The number of carbonyl (C=O) groups excluding carboxylic acids is 1. The monoisotopic (exact) mass is 337 g/mol. The Hall–Kier alpha value is -2.28. The molecule has 24 heavy (non-hydrogen) atoms. The van der Waals surface area contributed by atoms with Gasteiger partial charge in [0.05, 0.1) is 18.2 Å². The number of aromatic nitrogens is 2. The van der Waals surface area contributed by atoms with E-state index in [-0.39, 0.29) is 18.2 Å². The first-order chi connectivity index (χ1) is 11.4. The van der Waals surface area contributed by atoms with Crippen LogP contribution in [0.5, 0.6) is 0 Å². The summed E-state index contributed by atoms with van der Waals surface area (Å²) in [5, 5.41) is 16.0. The summed E-state index contributed by atoms with van der Waals surface area (Å²) in [5.74, 6) is -0.517. The van der Waals surface area contributed by atoms with E-state index < -0.39 is 23.9 Å². The van der Waals surface area contributed by atoms with E-state index in [4.69, 9.17) is 0 Å². The lowest BCUT2D eigenvalue weighted by molar-refractivity contribution is 0.0897. The molecule has 0 bridgehead atoms. The largest absolute Gasteiger partial charge is 0.394 e. The fraction of sp³-hybridized carbons (Fsp3) is 0.412. The Labute approximate surface area is 139 Å². The van der Waals surface area contributed by atoms with Gasteiger partial charge in [0.1, 0.15) is 0 Å². The Kier molecular flexibility index (Phi) is 6.03. The van der Waals surface area contributed by atoms with Crippen LogP contribution in [0.4, 0.5) is 8.78 Å². The molecule has 1 atom stereocenters. The van der Waals surface area contributed by atoms with Crippen molar-refractivity contribution in [3.63, 3.8) is 0 Å². The molecule has 2 rings (SSSR count). The molecule has 0 fully saturated rings. The number of aliphatic hydroxyl groups is 1. The topological polar surface area (TPSA) is 67.2 Å². The van der Waals surface area contributed by atoms with Crippen LogP contribution < -0.4 is 5.32 Å². The van der Waals surface area contributed by atoms with Gasteiger partial charge in [0, 0.05) is 12.7 Å². The van der Waals surface area contributed by atoms with Crippen molar-refractivity contribution in [3.8, 4) is 0 Å². The van der Waals surface area contributed by atoms with Gasteiger partial charge in [-0.3, -0.25) is 9.48 Å². The second-order valence-corrected chi connectivity index (χ2v) is 5.97. The van der Waals surface area contributed by atoms with Gasteiger partial charge in [-0.25, -0.2) is 8.78 Å². The van der Waals surface area contributed by atoms with Gasteiger partial charge in [0.25, 0.3) is 12.3 Å². The van der Waals surface area contributed by atoms with Crippen molar-refractivity contribution >= 4 is 5.91 Å². The van der Waals surface area contributed by atoms with Crippen LogP contribution in [0.1, 0.15) is 47.9 Å². The molecule has 1 aromatic carbocycles. The molecular weight excluding hydrogens is 316 g/mol. The van der Waals surface area contributed by atoms with Gasteiger partial charge in [-0.2, -0.15) is 5.10 Å². The average Bonchev–Trinajstić information content (AvgIpc) is 2.96. The summed E-state index contributed by atoms with van der Waals surface area (Å²) in [6, 6.07) is 8.15. The Balaban J connectivity index is 2.23. The van der Waals surface area contributed by atoms with Gasteiger partial charge in [-0.05, 0) is 11.5 Å². The third-order valence-corrected chi connectivity index (χ3v) is 3.48. The maximum absolute atomic E-state index is 13.2. The quantitative estimate of drug-likeness (QED) is 0.816. The zero-order chi connectivity index (χ0) is 17.7. The number of rotatable bonds is 7. The van der Waals surface area contributed by atoms with Crippen molar-refractivity contribution in [2.45, 2.75) is 32.9 Å². The van der Waals surface area contributed by atoms with Crippen LogP contribution in [0.2, 0.25) is 0 Å². The lowest BCUT2D eigenvalue weighted by Gasteiger charge is -2.16. The summed E-state index contributed by atoms with van der Waals surface area (Å²) in [7, 11) is 0. The molecule has 0 unspecified atom stereocenters. The summed E-state index contributed by atoms with van der Waals surface area (Å²) in [5.41, 5.74) is -0.0218. The van der Waals surface area contributed by atoms with Gasteiger partial charge in [-0.1, -0.05) is 44.2 Å². The minimum Gasteiger partial charge on any atom is -0.394 e. The molecule has 0 saturated carbocycles. The van der Waals surface area contributed by atoms with E-state index in [0.717, 1.165) is 0 Å². The highest BCUT2D eigenvalue weighted by Crippen LogP contribution is 2.23. The van der Waals surface area contributed by atoms with Crippen LogP contribution >= 0.6 is 0 Å². The highest BCUT2D eigenvalue weighted by atomic mass is 19.3. The fourth-order valence-electron chi connectivity index (χ4n) is 2.39. The summed E-state index contributed by atoms with van der Waals surface area (Å²) >= 11 is 0. The van der Waals surface area contributed by atoms with Gasteiger partial charge in [0.15, 0.2) is 5.69 Å². The third kappa shape index (κ3) is 4.38. The summed E-state index contributed by atoms with van der Waals surface area (Å²) in [6.07, 6.45) is -1.59. The zero-order valence-corrected chi connectivity index (χ0v) is 13.6. The molecule has 5 nitrogen and oxygen atoms in total. The van der Waals surface area contributed by atoms with Crippen LogP contribution in [0.25, 0.3) is 0 Å². The van der Waals surface area contributed by atoms with E-state index in [1.54, 1.807) is 24.3 Å². The van der Waals surface area contributed by atoms with Crippen molar-refractivity contribution in [2.75, 3.05) is 6.61 Å². The van der Waals surface area contributed by atoms with E-state index in [0.29, 0.717) is 12.1 Å².